The van der Waals surface area contributed by atoms with E-state index in [1.54, 1.807) is 13.8 Å². The number of rotatable bonds is 7. The molecule has 23 heavy (non-hydrogen) atoms. The first-order valence-electron chi connectivity index (χ1n) is 6.70. The number of aliphatic carboxylic acids is 1. The normalized spacial score (nSPS) is 12.9. The van der Waals surface area contributed by atoms with Crippen molar-refractivity contribution in [2.45, 2.75) is 25.2 Å². The number of benzene rings is 1. The van der Waals surface area contributed by atoms with Crippen LogP contribution in [0.5, 0.6) is 0 Å². The Morgan fingerprint density at radius 3 is 2.26 bits per heavy atom. The average Bonchev–Trinajstić information content (AvgIpc) is 2.41. The number of sulfonamides is 1. The topological polar surface area (TPSA) is 107 Å². The van der Waals surface area contributed by atoms with Crippen LogP contribution in [0.2, 0.25) is 0 Å². The van der Waals surface area contributed by atoms with Crippen LogP contribution in [0.25, 0.3) is 0 Å². The van der Waals surface area contributed by atoms with Crippen molar-refractivity contribution in [3.05, 3.63) is 29.3 Å². The maximum Gasteiger partial charge on any atom is 0.307 e. The van der Waals surface area contributed by atoms with Gasteiger partial charge < -0.3 is 5.11 Å². The highest BCUT2D eigenvalue weighted by Gasteiger charge is 2.27. The molecule has 6 nitrogen and oxygen atoms in total. The molecule has 0 saturated heterocycles. The number of nitrogens with zero attached hydrogens (tertiary/aromatic N) is 1. The number of carboxylic acid groups (broad SMARTS) is 1. The molecule has 1 rings (SSSR count). The quantitative estimate of drug-likeness (QED) is 0.783. The summed E-state index contributed by atoms with van der Waals surface area (Å²) in [4.78, 5) is 9.86. The fourth-order valence-corrected chi connectivity index (χ4v) is 3.20. The molecule has 1 aromatic carbocycles. The van der Waals surface area contributed by atoms with E-state index in [-0.39, 0.29) is 17.9 Å². The van der Waals surface area contributed by atoms with Crippen LogP contribution in [0.1, 0.15) is 25.8 Å². The molecule has 9 heteroatoms. The summed E-state index contributed by atoms with van der Waals surface area (Å²) < 4.78 is 53.5. The second-order valence-corrected chi connectivity index (χ2v) is 7.10. The van der Waals surface area contributed by atoms with E-state index >= 15 is 0 Å². The number of hydrogen-bond donors (Lipinski definition) is 2. The van der Waals surface area contributed by atoms with Gasteiger partial charge in [-0.25, -0.2) is 21.9 Å². The summed E-state index contributed by atoms with van der Waals surface area (Å²) in [5.41, 5.74) is -0.359. The Morgan fingerprint density at radius 1 is 1.35 bits per heavy atom. The second-order valence-electron chi connectivity index (χ2n) is 5.40. The molecule has 0 bridgehead atoms. The lowest BCUT2D eigenvalue weighted by Crippen LogP contribution is -2.34. The zero-order chi connectivity index (χ0) is 17.8. The first-order chi connectivity index (χ1) is 10.6. The predicted molar refractivity (Wildman–Crippen MR) is 76.8 cm³/mol. The van der Waals surface area contributed by atoms with E-state index in [1.807, 2.05) is 4.72 Å². The van der Waals surface area contributed by atoms with Gasteiger partial charge in [0.15, 0.2) is 4.90 Å². The van der Waals surface area contributed by atoms with Gasteiger partial charge in [-0.1, -0.05) is 13.8 Å². The fraction of sp³-hybridized carbons (Fsp3) is 0.429. The van der Waals surface area contributed by atoms with E-state index in [1.165, 1.54) is 6.07 Å². The Balaban J connectivity index is 3.05. The summed E-state index contributed by atoms with van der Waals surface area (Å²) in [6, 6.07) is 2.70. The summed E-state index contributed by atoms with van der Waals surface area (Å²) in [7, 11) is -4.58. The Kier molecular flexibility index (Phi) is 6.18. The van der Waals surface area contributed by atoms with Crippen molar-refractivity contribution < 1.29 is 27.1 Å². The van der Waals surface area contributed by atoms with Gasteiger partial charge in [-0.3, -0.25) is 4.79 Å². The molecule has 0 radical (unpaired) electrons. The molecule has 2 N–H and O–H groups in total. The van der Waals surface area contributed by atoms with Crippen molar-refractivity contribution in [2.75, 3.05) is 6.54 Å². The predicted octanol–water partition coefficient (Wildman–Crippen LogP) is 1.86. The van der Waals surface area contributed by atoms with Crippen LogP contribution in [-0.2, 0) is 14.8 Å². The maximum atomic E-state index is 13.8. The van der Waals surface area contributed by atoms with Gasteiger partial charge in [0.05, 0.1) is 17.6 Å². The third-order valence-electron chi connectivity index (χ3n) is 3.02. The Bertz CT molecular complexity index is 719. The van der Waals surface area contributed by atoms with Gasteiger partial charge in [0, 0.05) is 6.54 Å². The van der Waals surface area contributed by atoms with Crippen LogP contribution in [0.4, 0.5) is 8.78 Å². The smallest absolute Gasteiger partial charge is 0.307 e. The van der Waals surface area contributed by atoms with Crippen LogP contribution in [0.15, 0.2) is 17.0 Å². The van der Waals surface area contributed by atoms with E-state index in [4.69, 9.17) is 10.4 Å². The van der Waals surface area contributed by atoms with Crippen LogP contribution >= 0.6 is 0 Å². The van der Waals surface area contributed by atoms with Gasteiger partial charge in [-0.05, 0) is 24.5 Å². The van der Waals surface area contributed by atoms with Crippen LogP contribution in [0, 0.1) is 34.8 Å². The Hall–Kier alpha value is -2.05. The Labute approximate surface area is 132 Å². The summed E-state index contributed by atoms with van der Waals surface area (Å²) in [6.07, 6.45) is 0.205. The van der Waals surface area contributed by atoms with Gasteiger partial charge in [-0.15, -0.1) is 0 Å². The van der Waals surface area contributed by atoms with E-state index in [2.05, 4.69) is 0 Å². The summed E-state index contributed by atoms with van der Waals surface area (Å²) in [6.45, 7) is 3.05. The minimum Gasteiger partial charge on any atom is -0.481 e. The van der Waals surface area contributed by atoms with Crippen molar-refractivity contribution in [1.82, 2.24) is 4.72 Å². The molecule has 1 atom stereocenters. The zero-order valence-corrected chi connectivity index (χ0v) is 13.3. The van der Waals surface area contributed by atoms with Crippen LogP contribution < -0.4 is 4.72 Å². The summed E-state index contributed by atoms with van der Waals surface area (Å²) in [5, 5.41) is 17.6. The second kappa shape index (κ2) is 7.48. The van der Waals surface area contributed by atoms with E-state index in [0.29, 0.717) is 12.1 Å². The van der Waals surface area contributed by atoms with Crippen LogP contribution in [0.3, 0.4) is 0 Å². The number of carboxylic acids is 1. The Morgan fingerprint density at radius 2 is 1.87 bits per heavy atom. The number of nitriles is 1. The highest BCUT2D eigenvalue weighted by atomic mass is 32.2. The number of nitrogens with one attached hydrogen (secondary N) is 1. The summed E-state index contributed by atoms with van der Waals surface area (Å²) >= 11 is 0. The van der Waals surface area contributed by atoms with E-state index in [0.717, 1.165) is 0 Å². The van der Waals surface area contributed by atoms with E-state index in [9.17, 15) is 22.0 Å². The molecule has 0 aliphatic rings. The lowest BCUT2D eigenvalue weighted by atomic mass is 9.98. The largest absolute Gasteiger partial charge is 0.481 e. The molecule has 0 heterocycles. The van der Waals surface area contributed by atoms with Crippen molar-refractivity contribution in [2.24, 2.45) is 11.8 Å². The van der Waals surface area contributed by atoms with Gasteiger partial charge in [0.25, 0.3) is 0 Å². The summed E-state index contributed by atoms with van der Waals surface area (Å²) in [5.74, 6) is -5.05. The molecule has 0 aliphatic carbocycles. The lowest BCUT2D eigenvalue weighted by molar-refractivity contribution is -0.142. The minimum absolute atomic E-state index is 0.00369. The molecule has 0 amide bonds. The number of carbonyl (C=O) groups is 1. The molecule has 1 aromatic rings. The van der Waals surface area contributed by atoms with Gasteiger partial charge in [0.2, 0.25) is 10.0 Å². The van der Waals surface area contributed by atoms with Gasteiger partial charge >= 0.3 is 5.97 Å². The highest BCUT2D eigenvalue weighted by Crippen LogP contribution is 2.21. The molecule has 0 saturated carbocycles. The first-order valence-corrected chi connectivity index (χ1v) is 8.18. The van der Waals surface area contributed by atoms with Crippen molar-refractivity contribution in [1.29, 1.82) is 5.26 Å². The van der Waals surface area contributed by atoms with Crippen molar-refractivity contribution in [3.63, 3.8) is 0 Å². The standard InChI is InChI=1S/C14H16F2N2O4S/c1-8(2)3-10(14(19)20)7-18-23(21,22)13-11(15)4-9(6-17)5-12(13)16/h4-5,8,10,18H,3,7H2,1-2H3,(H,19,20). The van der Waals surface area contributed by atoms with Gasteiger partial charge in [0.1, 0.15) is 11.6 Å². The fourth-order valence-electron chi connectivity index (χ4n) is 2.00. The van der Waals surface area contributed by atoms with Crippen molar-refractivity contribution >= 4 is 16.0 Å². The SMILES string of the molecule is CC(C)CC(CNS(=O)(=O)c1c(F)cc(C#N)cc1F)C(=O)O. The molecule has 0 spiro atoms. The monoisotopic (exact) mass is 346 g/mol. The third-order valence-corrected chi connectivity index (χ3v) is 4.50. The molecule has 0 fully saturated rings. The molecular formula is C14H16F2N2O4S. The minimum atomic E-state index is -4.58. The number of halogens is 2. The van der Waals surface area contributed by atoms with Crippen molar-refractivity contribution in [3.8, 4) is 6.07 Å². The zero-order valence-electron chi connectivity index (χ0n) is 12.5. The lowest BCUT2D eigenvalue weighted by Gasteiger charge is -2.16. The molecule has 1 unspecified atom stereocenters. The third kappa shape index (κ3) is 4.97. The number of hydrogen-bond acceptors (Lipinski definition) is 4. The molecular weight excluding hydrogens is 330 g/mol. The van der Waals surface area contributed by atoms with E-state index < -0.39 is 45.0 Å². The van der Waals surface area contributed by atoms with Crippen LogP contribution in [-0.4, -0.2) is 26.0 Å². The molecule has 0 aromatic heterocycles. The highest BCUT2D eigenvalue weighted by molar-refractivity contribution is 7.89. The molecule has 126 valence electrons. The van der Waals surface area contributed by atoms with Gasteiger partial charge in [-0.2, -0.15) is 5.26 Å². The average molecular weight is 346 g/mol. The molecule has 0 aliphatic heterocycles. The first kappa shape index (κ1) is 19.0. The maximum absolute atomic E-state index is 13.8.